The second-order valence-electron chi connectivity index (χ2n) is 6.08. The van der Waals surface area contributed by atoms with Crippen molar-refractivity contribution >= 4 is 23.2 Å². The third-order valence-electron chi connectivity index (χ3n) is 3.88. The Morgan fingerprint density at radius 3 is 2.67 bits per heavy atom. The highest BCUT2D eigenvalue weighted by Gasteiger charge is 2.26. The van der Waals surface area contributed by atoms with Crippen LogP contribution in [-0.4, -0.2) is 18.4 Å². The highest BCUT2D eigenvalue weighted by molar-refractivity contribution is 5.99. The number of hydrogen-bond donors (Lipinski definition) is 1. The minimum atomic E-state index is -0.112. The van der Waals surface area contributed by atoms with E-state index in [1.54, 1.807) is 23.1 Å². The van der Waals surface area contributed by atoms with Crippen LogP contribution >= 0.6 is 0 Å². The van der Waals surface area contributed by atoms with E-state index in [1.165, 1.54) is 0 Å². The first-order valence-corrected chi connectivity index (χ1v) is 7.96. The van der Waals surface area contributed by atoms with Crippen LogP contribution in [0.3, 0.4) is 0 Å². The van der Waals surface area contributed by atoms with Gasteiger partial charge in [-0.25, -0.2) is 0 Å². The monoisotopic (exact) mass is 324 g/mol. The standard InChI is InChI=1S/C19H20N2O3/c1-13(2)19(23)20-15-8-9-17-16(10-15)21(18(22)12-24-17)11-14-6-4-3-5-7-14/h3-10,13H,11-12H2,1-2H3,(H,20,23). The van der Waals surface area contributed by atoms with Crippen LogP contribution in [0.25, 0.3) is 0 Å². The summed E-state index contributed by atoms with van der Waals surface area (Å²) in [5.41, 5.74) is 2.37. The predicted octanol–water partition coefficient (Wildman–Crippen LogP) is 3.21. The van der Waals surface area contributed by atoms with Gasteiger partial charge in [0.05, 0.1) is 12.2 Å². The van der Waals surface area contributed by atoms with E-state index < -0.39 is 0 Å². The summed E-state index contributed by atoms with van der Waals surface area (Å²) in [6.07, 6.45) is 0. The number of ether oxygens (including phenoxy) is 1. The molecule has 0 aromatic heterocycles. The maximum absolute atomic E-state index is 12.3. The molecule has 1 aliphatic rings. The SMILES string of the molecule is CC(C)C(=O)Nc1ccc2c(c1)N(Cc1ccccc1)C(=O)CO2. The third-order valence-corrected chi connectivity index (χ3v) is 3.88. The molecule has 124 valence electrons. The number of nitrogens with one attached hydrogen (secondary N) is 1. The summed E-state index contributed by atoms with van der Waals surface area (Å²) in [6, 6.07) is 15.2. The number of amides is 2. The topological polar surface area (TPSA) is 58.6 Å². The second-order valence-corrected chi connectivity index (χ2v) is 6.08. The van der Waals surface area contributed by atoms with Gasteiger partial charge >= 0.3 is 0 Å². The van der Waals surface area contributed by atoms with E-state index in [1.807, 2.05) is 44.2 Å². The van der Waals surface area contributed by atoms with Crippen LogP contribution in [0, 0.1) is 5.92 Å². The first-order valence-electron chi connectivity index (χ1n) is 7.96. The average molecular weight is 324 g/mol. The molecule has 0 saturated carbocycles. The van der Waals surface area contributed by atoms with Crippen molar-refractivity contribution in [2.24, 2.45) is 5.92 Å². The summed E-state index contributed by atoms with van der Waals surface area (Å²) in [7, 11) is 0. The Bertz CT molecular complexity index is 756. The van der Waals surface area contributed by atoms with Crippen molar-refractivity contribution in [2.45, 2.75) is 20.4 Å². The van der Waals surface area contributed by atoms with E-state index in [-0.39, 0.29) is 24.3 Å². The zero-order valence-electron chi connectivity index (χ0n) is 13.8. The molecule has 1 N–H and O–H groups in total. The third kappa shape index (κ3) is 3.40. The fourth-order valence-corrected chi connectivity index (χ4v) is 2.51. The summed E-state index contributed by atoms with van der Waals surface area (Å²) in [4.78, 5) is 25.9. The molecule has 0 atom stereocenters. The van der Waals surface area contributed by atoms with Gasteiger partial charge in [-0.1, -0.05) is 44.2 Å². The Morgan fingerprint density at radius 1 is 1.21 bits per heavy atom. The van der Waals surface area contributed by atoms with E-state index in [0.29, 0.717) is 23.7 Å². The zero-order valence-corrected chi connectivity index (χ0v) is 13.8. The normalized spacial score (nSPS) is 13.5. The van der Waals surface area contributed by atoms with Gasteiger partial charge in [0, 0.05) is 11.6 Å². The van der Waals surface area contributed by atoms with Crippen molar-refractivity contribution in [1.82, 2.24) is 0 Å². The number of rotatable bonds is 4. The highest BCUT2D eigenvalue weighted by Crippen LogP contribution is 2.35. The number of hydrogen-bond acceptors (Lipinski definition) is 3. The van der Waals surface area contributed by atoms with E-state index >= 15 is 0 Å². The molecule has 0 saturated heterocycles. The molecule has 1 heterocycles. The molecule has 0 bridgehead atoms. The maximum Gasteiger partial charge on any atom is 0.265 e. The maximum atomic E-state index is 12.3. The first-order chi connectivity index (χ1) is 11.5. The van der Waals surface area contributed by atoms with Gasteiger partial charge in [-0.05, 0) is 23.8 Å². The van der Waals surface area contributed by atoms with Crippen molar-refractivity contribution in [1.29, 1.82) is 0 Å². The molecule has 2 amide bonds. The van der Waals surface area contributed by atoms with Gasteiger partial charge in [0.1, 0.15) is 5.75 Å². The van der Waals surface area contributed by atoms with E-state index in [2.05, 4.69) is 5.32 Å². The quantitative estimate of drug-likeness (QED) is 0.939. The minimum absolute atomic E-state index is 0.0253. The van der Waals surface area contributed by atoms with Crippen molar-refractivity contribution in [3.05, 3.63) is 54.1 Å². The lowest BCUT2D eigenvalue weighted by atomic mass is 10.1. The van der Waals surface area contributed by atoms with Gasteiger partial charge in [0.25, 0.3) is 5.91 Å². The van der Waals surface area contributed by atoms with Crippen LogP contribution in [-0.2, 0) is 16.1 Å². The summed E-state index contributed by atoms with van der Waals surface area (Å²) < 4.78 is 5.51. The molecule has 2 aromatic carbocycles. The van der Waals surface area contributed by atoms with Crippen LogP contribution in [0.2, 0.25) is 0 Å². The van der Waals surface area contributed by atoms with E-state index in [9.17, 15) is 9.59 Å². The lowest BCUT2D eigenvalue weighted by molar-refractivity contribution is -0.121. The first kappa shape index (κ1) is 16.1. The van der Waals surface area contributed by atoms with E-state index in [0.717, 1.165) is 5.56 Å². The van der Waals surface area contributed by atoms with Gasteiger partial charge < -0.3 is 15.0 Å². The molecule has 5 heteroatoms. The van der Waals surface area contributed by atoms with Gasteiger partial charge in [0.2, 0.25) is 5.91 Å². The Labute approximate surface area is 141 Å². The molecule has 3 rings (SSSR count). The molecule has 24 heavy (non-hydrogen) atoms. The van der Waals surface area contributed by atoms with Crippen molar-refractivity contribution < 1.29 is 14.3 Å². The lowest BCUT2D eigenvalue weighted by Crippen LogP contribution is -2.38. The molecule has 5 nitrogen and oxygen atoms in total. The molecule has 0 spiro atoms. The lowest BCUT2D eigenvalue weighted by Gasteiger charge is -2.30. The predicted molar refractivity (Wildman–Crippen MR) is 93.0 cm³/mol. The van der Waals surface area contributed by atoms with Gasteiger partial charge in [0.15, 0.2) is 6.61 Å². The van der Waals surface area contributed by atoms with Crippen molar-refractivity contribution in [3.8, 4) is 5.75 Å². The van der Waals surface area contributed by atoms with Crippen molar-refractivity contribution in [3.63, 3.8) is 0 Å². The number of carbonyl (C=O) groups excluding carboxylic acids is 2. The van der Waals surface area contributed by atoms with E-state index in [4.69, 9.17) is 4.74 Å². The second kappa shape index (κ2) is 6.74. The van der Waals surface area contributed by atoms with Gasteiger partial charge in [-0.15, -0.1) is 0 Å². The molecule has 0 aliphatic carbocycles. The van der Waals surface area contributed by atoms with Gasteiger partial charge in [-0.2, -0.15) is 0 Å². The zero-order chi connectivity index (χ0) is 17.1. The number of anilines is 2. The molecular formula is C19H20N2O3. The Hall–Kier alpha value is -2.82. The number of fused-ring (bicyclic) bond motifs is 1. The number of carbonyl (C=O) groups is 2. The van der Waals surface area contributed by atoms with Crippen LogP contribution in [0.1, 0.15) is 19.4 Å². The Morgan fingerprint density at radius 2 is 1.96 bits per heavy atom. The molecule has 0 radical (unpaired) electrons. The number of nitrogens with zero attached hydrogens (tertiary/aromatic N) is 1. The summed E-state index contributed by atoms with van der Waals surface area (Å²) in [6.45, 7) is 4.17. The smallest absolute Gasteiger partial charge is 0.265 e. The van der Waals surface area contributed by atoms with Crippen LogP contribution < -0.4 is 15.0 Å². The Kier molecular flexibility index (Phi) is 4.51. The molecule has 0 fully saturated rings. The Balaban J connectivity index is 1.89. The fraction of sp³-hybridized carbons (Fsp3) is 0.263. The summed E-state index contributed by atoms with van der Waals surface area (Å²) >= 11 is 0. The molecular weight excluding hydrogens is 304 g/mol. The van der Waals surface area contributed by atoms with Crippen molar-refractivity contribution in [2.75, 3.05) is 16.8 Å². The number of benzene rings is 2. The highest BCUT2D eigenvalue weighted by atomic mass is 16.5. The van der Waals surface area contributed by atoms with Crippen LogP contribution in [0.5, 0.6) is 5.75 Å². The largest absolute Gasteiger partial charge is 0.482 e. The minimum Gasteiger partial charge on any atom is -0.482 e. The van der Waals surface area contributed by atoms with Gasteiger partial charge in [-0.3, -0.25) is 9.59 Å². The average Bonchev–Trinajstić information content (AvgIpc) is 2.58. The summed E-state index contributed by atoms with van der Waals surface area (Å²) in [5.74, 6) is 0.374. The van der Waals surface area contributed by atoms with Crippen LogP contribution in [0.4, 0.5) is 11.4 Å². The van der Waals surface area contributed by atoms with Crippen LogP contribution in [0.15, 0.2) is 48.5 Å². The molecule has 1 aliphatic heterocycles. The summed E-state index contributed by atoms with van der Waals surface area (Å²) in [5, 5.41) is 2.86. The fourth-order valence-electron chi connectivity index (χ4n) is 2.51. The molecule has 2 aromatic rings. The molecule has 0 unspecified atom stereocenters.